The van der Waals surface area contributed by atoms with E-state index in [1.807, 2.05) is 48.0 Å². The van der Waals surface area contributed by atoms with Crippen LogP contribution in [-0.2, 0) is 22.6 Å². The lowest BCUT2D eigenvalue weighted by molar-refractivity contribution is -0.173. The molecule has 2 aromatic carbocycles. The van der Waals surface area contributed by atoms with Crippen molar-refractivity contribution in [2.45, 2.75) is 58.0 Å². The third kappa shape index (κ3) is 6.57. The van der Waals surface area contributed by atoms with E-state index in [2.05, 4.69) is 0 Å². The fraction of sp³-hybridized carbons (Fsp3) is 0.448. The molecule has 2 amide bonds. The van der Waals surface area contributed by atoms with Gasteiger partial charge < -0.3 is 24.3 Å². The van der Waals surface area contributed by atoms with E-state index in [1.54, 1.807) is 12.0 Å². The standard InChI is InChI=1S/C29H33F4N3O4/c1-18(2)40-26-6-4-5-24-22(26)16-25(36(24)13-14-39-3)27(37)35-11-9-20(10-12-35)21-15-19(7-8-23(21)30)17-34-28(38)29(31,32)33/h4-8,15-16,18,20H,9-14,17H2,1-3H3,(H,34,38). The second-order valence-corrected chi connectivity index (χ2v) is 10.1. The fourth-order valence-corrected chi connectivity index (χ4v) is 5.07. The normalized spacial score (nSPS) is 14.7. The van der Waals surface area contributed by atoms with Crippen molar-refractivity contribution in [3.8, 4) is 5.75 Å². The summed E-state index contributed by atoms with van der Waals surface area (Å²) < 4.78 is 65.4. The van der Waals surface area contributed by atoms with E-state index in [1.165, 1.54) is 18.2 Å². The molecule has 216 valence electrons. The number of piperidine rings is 1. The molecule has 1 N–H and O–H groups in total. The summed E-state index contributed by atoms with van der Waals surface area (Å²) in [5.74, 6) is -2.18. The van der Waals surface area contributed by atoms with E-state index in [-0.39, 0.29) is 24.5 Å². The van der Waals surface area contributed by atoms with Gasteiger partial charge in [0.05, 0.1) is 18.2 Å². The second-order valence-electron chi connectivity index (χ2n) is 10.1. The number of methoxy groups -OCH3 is 1. The number of likely N-dealkylation sites (tertiary alicyclic amines) is 1. The highest BCUT2D eigenvalue weighted by Crippen LogP contribution is 2.34. The number of ether oxygens (including phenoxy) is 2. The number of nitrogens with zero attached hydrogens (tertiary/aromatic N) is 2. The van der Waals surface area contributed by atoms with E-state index < -0.39 is 17.9 Å². The van der Waals surface area contributed by atoms with Gasteiger partial charge in [-0.2, -0.15) is 13.2 Å². The van der Waals surface area contributed by atoms with Crippen LogP contribution in [0.25, 0.3) is 10.9 Å². The maximum absolute atomic E-state index is 14.7. The molecule has 1 aliphatic heterocycles. The number of benzene rings is 2. The number of hydrogen-bond acceptors (Lipinski definition) is 4. The first-order valence-electron chi connectivity index (χ1n) is 13.2. The number of amides is 2. The van der Waals surface area contributed by atoms with Gasteiger partial charge in [0.1, 0.15) is 17.3 Å². The summed E-state index contributed by atoms with van der Waals surface area (Å²) in [6.45, 7) is 5.18. The first-order valence-corrected chi connectivity index (χ1v) is 13.2. The molecule has 0 spiro atoms. The predicted molar refractivity (Wildman–Crippen MR) is 142 cm³/mol. The van der Waals surface area contributed by atoms with Crippen molar-refractivity contribution in [3.05, 3.63) is 65.1 Å². The number of nitrogens with one attached hydrogen (secondary N) is 1. The average molecular weight is 564 g/mol. The lowest BCUT2D eigenvalue weighted by Gasteiger charge is -2.32. The summed E-state index contributed by atoms with van der Waals surface area (Å²) >= 11 is 0. The highest BCUT2D eigenvalue weighted by Gasteiger charge is 2.38. The third-order valence-corrected chi connectivity index (χ3v) is 7.00. The van der Waals surface area contributed by atoms with Crippen LogP contribution in [0.1, 0.15) is 54.2 Å². The minimum Gasteiger partial charge on any atom is -0.490 e. The Bertz CT molecular complexity index is 1360. The molecule has 0 bridgehead atoms. The molecule has 1 aromatic heterocycles. The van der Waals surface area contributed by atoms with Crippen LogP contribution in [0.4, 0.5) is 17.6 Å². The van der Waals surface area contributed by atoms with Gasteiger partial charge in [0, 0.05) is 38.7 Å². The number of carbonyl (C=O) groups is 2. The summed E-state index contributed by atoms with van der Waals surface area (Å²) in [4.78, 5) is 26.6. The number of alkyl halides is 3. The molecule has 7 nitrogen and oxygen atoms in total. The molecule has 0 saturated carbocycles. The van der Waals surface area contributed by atoms with Crippen LogP contribution in [0.5, 0.6) is 5.75 Å². The number of fused-ring (bicyclic) bond motifs is 1. The Morgan fingerprint density at radius 1 is 1.10 bits per heavy atom. The first kappa shape index (κ1) is 29.4. The number of aromatic nitrogens is 1. The van der Waals surface area contributed by atoms with Crippen LogP contribution >= 0.6 is 0 Å². The van der Waals surface area contributed by atoms with Crippen LogP contribution in [0.2, 0.25) is 0 Å². The molecular formula is C29H33F4N3O4. The SMILES string of the molecule is COCCn1c(C(=O)N2CCC(c3cc(CNC(=O)C(F)(F)F)ccc3F)CC2)cc2c(OC(C)C)cccc21. The van der Waals surface area contributed by atoms with Crippen molar-refractivity contribution in [1.29, 1.82) is 0 Å². The molecule has 4 rings (SSSR count). The Labute approximate surface area is 230 Å². The van der Waals surface area contributed by atoms with Gasteiger partial charge in [-0.25, -0.2) is 4.39 Å². The zero-order valence-corrected chi connectivity index (χ0v) is 22.7. The summed E-state index contributed by atoms with van der Waals surface area (Å²) in [7, 11) is 1.60. The van der Waals surface area contributed by atoms with Crippen LogP contribution in [0.3, 0.4) is 0 Å². The van der Waals surface area contributed by atoms with Gasteiger partial charge in [0.2, 0.25) is 0 Å². The molecule has 0 aliphatic carbocycles. The molecule has 40 heavy (non-hydrogen) atoms. The topological polar surface area (TPSA) is 72.8 Å². The highest BCUT2D eigenvalue weighted by atomic mass is 19.4. The average Bonchev–Trinajstić information content (AvgIpc) is 3.29. The van der Waals surface area contributed by atoms with E-state index >= 15 is 0 Å². The molecule has 1 aliphatic rings. The van der Waals surface area contributed by atoms with Crippen molar-refractivity contribution < 1.29 is 36.6 Å². The fourth-order valence-electron chi connectivity index (χ4n) is 5.07. The Kier molecular flexibility index (Phi) is 9.02. The van der Waals surface area contributed by atoms with Crippen LogP contribution in [0.15, 0.2) is 42.5 Å². The first-order chi connectivity index (χ1) is 19.0. The predicted octanol–water partition coefficient (Wildman–Crippen LogP) is 5.41. The molecular weight excluding hydrogens is 530 g/mol. The van der Waals surface area contributed by atoms with Gasteiger partial charge in [-0.15, -0.1) is 0 Å². The third-order valence-electron chi connectivity index (χ3n) is 7.00. The van der Waals surface area contributed by atoms with Crippen molar-refractivity contribution >= 4 is 22.7 Å². The van der Waals surface area contributed by atoms with Crippen molar-refractivity contribution in [2.75, 3.05) is 26.8 Å². The molecule has 0 radical (unpaired) electrons. The monoisotopic (exact) mass is 563 g/mol. The molecule has 0 unspecified atom stereocenters. The number of rotatable bonds is 9. The molecule has 11 heteroatoms. The van der Waals surface area contributed by atoms with Crippen molar-refractivity contribution in [2.24, 2.45) is 0 Å². The Morgan fingerprint density at radius 2 is 1.82 bits per heavy atom. The van der Waals surface area contributed by atoms with Gasteiger partial charge in [0.25, 0.3) is 5.91 Å². The van der Waals surface area contributed by atoms with Crippen LogP contribution < -0.4 is 10.1 Å². The van der Waals surface area contributed by atoms with E-state index in [0.29, 0.717) is 61.7 Å². The van der Waals surface area contributed by atoms with Gasteiger partial charge in [-0.3, -0.25) is 9.59 Å². The molecule has 1 saturated heterocycles. The zero-order valence-electron chi connectivity index (χ0n) is 22.7. The molecule has 1 fully saturated rings. The van der Waals surface area contributed by atoms with Crippen LogP contribution in [-0.4, -0.2) is 60.4 Å². The van der Waals surface area contributed by atoms with Crippen molar-refractivity contribution in [1.82, 2.24) is 14.8 Å². The molecule has 3 aromatic rings. The smallest absolute Gasteiger partial charge is 0.471 e. The zero-order chi connectivity index (χ0) is 29.0. The van der Waals surface area contributed by atoms with E-state index in [0.717, 1.165) is 10.9 Å². The number of carbonyl (C=O) groups excluding carboxylic acids is 2. The second kappa shape index (κ2) is 12.3. The molecule has 2 heterocycles. The largest absolute Gasteiger partial charge is 0.490 e. The lowest BCUT2D eigenvalue weighted by atomic mass is 9.88. The van der Waals surface area contributed by atoms with Gasteiger partial charge in [-0.1, -0.05) is 18.2 Å². The number of hydrogen-bond donors (Lipinski definition) is 1. The minimum atomic E-state index is -4.99. The van der Waals surface area contributed by atoms with Gasteiger partial charge in [0.15, 0.2) is 0 Å². The summed E-state index contributed by atoms with van der Waals surface area (Å²) in [6.07, 6.45) is -4.05. The Balaban J connectivity index is 1.50. The number of halogens is 4. The van der Waals surface area contributed by atoms with Crippen molar-refractivity contribution in [3.63, 3.8) is 0 Å². The Morgan fingerprint density at radius 3 is 2.48 bits per heavy atom. The quantitative estimate of drug-likeness (QED) is 0.354. The van der Waals surface area contributed by atoms with Crippen LogP contribution in [0, 0.1) is 5.82 Å². The summed E-state index contributed by atoms with van der Waals surface area (Å²) in [5.41, 5.74) is 2.12. The van der Waals surface area contributed by atoms with Gasteiger partial charge >= 0.3 is 12.1 Å². The minimum absolute atomic E-state index is 0.0362. The van der Waals surface area contributed by atoms with Gasteiger partial charge in [-0.05, 0) is 68.0 Å². The summed E-state index contributed by atoms with van der Waals surface area (Å²) in [6, 6.07) is 11.6. The highest BCUT2D eigenvalue weighted by molar-refractivity contribution is 6.00. The summed E-state index contributed by atoms with van der Waals surface area (Å²) in [5, 5.41) is 2.65. The lowest BCUT2D eigenvalue weighted by Crippen LogP contribution is -2.39. The van der Waals surface area contributed by atoms with E-state index in [9.17, 15) is 27.2 Å². The van der Waals surface area contributed by atoms with E-state index in [4.69, 9.17) is 9.47 Å². The Hall–Kier alpha value is -3.60. The maximum atomic E-state index is 14.7. The maximum Gasteiger partial charge on any atom is 0.471 e. The molecule has 0 atom stereocenters.